The molecule has 5 nitrogen and oxygen atoms in total. The maximum atomic E-state index is 11.8. The monoisotopic (exact) mass is 269 g/mol. The van der Waals surface area contributed by atoms with Crippen LogP contribution in [0.4, 0.5) is 0 Å². The van der Waals surface area contributed by atoms with Crippen molar-refractivity contribution in [2.75, 3.05) is 6.61 Å². The molecule has 3 rings (SSSR count). The van der Waals surface area contributed by atoms with Crippen LogP contribution in [-0.2, 0) is 0 Å². The van der Waals surface area contributed by atoms with Crippen LogP contribution < -0.4 is 10.3 Å². The third-order valence-electron chi connectivity index (χ3n) is 3.11. The van der Waals surface area contributed by atoms with Gasteiger partial charge in [0.15, 0.2) is 0 Å². The topological polar surface area (TPSA) is 59.9 Å². The first-order valence-corrected chi connectivity index (χ1v) is 6.51. The number of ether oxygens (including phenoxy) is 1. The molecule has 0 unspecified atom stereocenters. The Morgan fingerprint density at radius 2 is 2.05 bits per heavy atom. The van der Waals surface area contributed by atoms with Crippen molar-refractivity contribution in [3.05, 3.63) is 52.4 Å². The number of fused-ring (bicyclic) bond motifs is 1. The smallest absolute Gasteiger partial charge is 0.253 e. The normalized spacial score (nSPS) is 10.9. The van der Waals surface area contributed by atoms with Crippen molar-refractivity contribution < 1.29 is 4.74 Å². The highest BCUT2D eigenvalue weighted by Crippen LogP contribution is 2.27. The maximum Gasteiger partial charge on any atom is 0.253 e. The van der Waals surface area contributed by atoms with E-state index in [0.29, 0.717) is 18.0 Å². The molecular weight excluding hydrogens is 254 g/mol. The van der Waals surface area contributed by atoms with Crippen LogP contribution in [0.15, 0.2) is 41.2 Å². The van der Waals surface area contributed by atoms with Crippen LogP contribution in [-0.4, -0.2) is 21.4 Å². The zero-order valence-electron chi connectivity index (χ0n) is 11.4. The molecule has 0 radical (unpaired) electrons. The van der Waals surface area contributed by atoms with E-state index >= 15 is 0 Å². The van der Waals surface area contributed by atoms with E-state index in [2.05, 4.69) is 10.1 Å². The van der Waals surface area contributed by atoms with Gasteiger partial charge in [-0.05, 0) is 26.0 Å². The summed E-state index contributed by atoms with van der Waals surface area (Å²) in [6.07, 6.45) is 0. The highest BCUT2D eigenvalue weighted by atomic mass is 16.5. The molecular formula is C15H15N3O2. The Kier molecular flexibility index (Phi) is 3.02. The highest BCUT2D eigenvalue weighted by molar-refractivity contribution is 5.86. The van der Waals surface area contributed by atoms with Crippen LogP contribution in [0, 0.1) is 6.92 Å². The number of aromatic amines is 1. The van der Waals surface area contributed by atoms with Crippen molar-refractivity contribution in [3.63, 3.8) is 0 Å². The summed E-state index contributed by atoms with van der Waals surface area (Å²) in [4.78, 5) is 14.6. The second-order valence-corrected chi connectivity index (χ2v) is 4.49. The molecule has 0 saturated carbocycles. The lowest BCUT2D eigenvalue weighted by Crippen LogP contribution is -2.08. The van der Waals surface area contributed by atoms with Gasteiger partial charge in [-0.3, -0.25) is 4.79 Å². The summed E-state index contributed by atoms with van der Waals surface area (Å²) in [5.41, 5.74) is 2.18. The minimum absolute atomic E-state index is 0.196. The van der Waals surface area contributed by atoms with Gasteiger partial charge >= 0.3 is 0 Å². The van der Waals surface area contributed by atoms with Gasteiger partial charge in [0.05, 0.1) is 23.4 Å². The Morgan fingerprint density at radius 1 is 1.30 bits per heavy atom. The van der Waals surface area contributed by atoms with Crippen molar-refractivity contribution in [2.45, 2.75) is 13.8 Å². The third kappa shape index (κ3) is 1.97. The number of aromatic nitrogens is 3. The average Bonchev–Trinajstić information content (AvgIpc) is 2.77. The number of H-pyrrole nitrogens is 1. The molecule has 0 fully saturated rings. The molecule has 1 aromatic carbocycles. The Balaban J connectivity index is 2.34. The zero-order chi connectivity index (χ0) is 14.1. The van der Waals surface area contributed by atoms with Crippen LogP contribution in [0.2, 0.25) is 0 Å². The number of nitrogens with zero attached hydrogens (tertiary/aromatic N) is 2. The van der Waals surface area contributed by atoms with Crippen molar-refractivity contribution in [1.29, 1.82) is 0 Å². The number of nitrogens with one attached hydrogen (secondary N) is 1. The minimum Gasteiger partial charge on any atom is -0.493 e. The summed E-state index contributed by atoms with van der Waals surface area (Å²) < 4.78 is 7.29. The molecule has 0 aliphatic carbocycles. The van der Waals surface area contributed by atoms with E-state index in [4.69, 9.17) is 4.74 Å². The van der Waals surface area contributed by atoms with E-state index in [9.17, 15) is 4.79 Å². The van der Waals surface area contributed by atoms with Crippen LogP contribution >= 0.6 is 0 Å². The summed E-state index contributed by atoms with van der Waals surface area (Å²) >= 11 is 0. The van der Waals surface area contributed by atoms with Gasteiger partial charge in [-0.2, -0.15) is 5.10 Å². The van der Waals surface area contributed by atoms with Gasteiger partial charge in [-0.25, -0.2) is 4.68 Å². The van der Waals surface area contributed by atoms with Crippen LogP contribution in [0.25, 0.3) is 16.7 Å². The molecule has 3 aromatic rings. The van der Waals surface area contributed by atoms with Crippen LogP contribution in [0.3, 0.4) is 0 Å². The second-order valence-electron chi connectivity index (χ2n) is 4.49. The molecule has 1 N–H and O–H groups in total. The summed E-state index contributed by atoms with van der Waals surface area (Å²) in [5, 5.41) is 5.35. The Hall–Kier alpha value is -2.56. The molecule has 2 heterocycles. The van der Waals surface area contributed by atoms with Crippen molar-refractivity contribution in [2.24, 2.45) is 0 Å². The molecule has 0 amide bonds. The Morgan fingerprint density at radius 3 is 2.75 bits per heavy atom. The van der Waals surface area contributed by atoms with E-state index in [1.54, 1.807) is 4.68 Å². The number of hydrogen-bond donors (Lipinski definition) is 1. The lowest BCUT2D eigenvalue weighted by molar-refractivity contribution is 0.343. The number of para-hydroxylation sites is 1. The van der Waals surface area contributed by atoms with E-state index in [-0.39, 0.29) is 5.56 Å². The highest BCUT2D eigenvalue weighted by Gasteiger charge is 2.15. The first kappa shape index (κ1) is 12.5. The Labute approximate surface area is 115 Å². The van der Waals surface area contributed by atoms with Gasteiger partial charge in [0.2, 0.25) is 0 Å². The molecule has 0 aliphatic heterocycles. The molecule has 2 aromatic heterocycles. The van der Waals surface area contributed by atoms with Gasteiger partial charge in [-0.15, -0.1) is 0 Å². The number of rotatable bonds is 3. The third-order valence-corrected chi connectivity index (χ3v) is 3.11. The fourth-order valence-electron chi connectivity index (χ4n) is 2.31. The standard InChI is InChI=1S/C15H15N3O2/c1-3-20-12-9-13(19)16-15-14(12)10(2)17-18(15)11-7-5-4-6-8-11/h4-9H,3H2,1-2H3,(H,16,19). The molecule has 5 heteroatoms. The summed E-state index contributed by atoms with van der Waals surface area (Å²) in [6, 6.07) is 11.2. The fourth-order valence-corrected chi connectivity index (χ4v) is 2.31. The first-order chi connectivity index (χ1) is 9.70. The SMILES string of the molecule is CCOc1cc(=O)[nH]c2c1c(C)nn2-c1ccccc1. The van der Waals surface area contributed by atoms with Gasteiger partial charge in [-0.1, -0.05) is 18.2 Å². The number of aryl methyl sites for hydroxylation is 1. The number of hydrogen-bond acceptors (Lipinski definition) is 3. The molecule has 0 spiro atoms. The lowest BCUT2D eigenvalue weighted by atomic mass is 10.2. The van der Waals surface area contributed by atoms with Crippen LogP contribution in [0.1, 0.15) is 12.6 Å². The van der Waals surface area contributed by atoms with E-state index in [1.165, 1.54) is 6.07 Å². The zero-order valence-corrected chi connectivity index (χ0v) is 11.4. The molecule has 0 aliphatic rings. The molecule has 0 atom stereocenters. The predicted octanol–water partition coefficient (Wildman–Crippen LogP) is 2.42. The van der Waals surface area contributed by atoms with Gasteiger partial charge in [0.25, 0.3) is 5.56 Å². The van der Waals surface area contributed by atoms with Crippen molar-refractivity contribution >= 4 is 11.0 Å². The second kappa shape index (κ2) is 4.85. The van der Waals surface area contributed by atoms with Crippen molar-refractivity contribution in [3.8, 4) is 11.4 Å². The van der Waals surface area contributed by atoms with E-state index in [0.717, 1.165) is 16.8 Å². The summed E-state index contributed by atoms with van der Waals surface area (Å²) in [7, 11) is 0. The average molecular weight is 269 g/mol. The fraction of sp³-hybridized carbons (Fsp3) is 0.200. The number of benzene rings is 1. The minimum atomic E-state index is -0.196. The largest absolute Gasteiger partial charge is 0.493 e. The predicted molar refractivity (Wildman–Crippen MR) is 77.6 cm³/mol. The summed E-state index contributed by atoms with van der Waals surface area (Å²) in [6.45, 7) is 4.31. The number of pyridine rings is 1. The molecule has 0 saturated heterocycles. The Bertz CT molecular complexity index is 803. The molecule has 0 bridgehead atoms. The van der Waals surface area contributed by atoms with E-state index in [1.807, 2.05) is 44.2 Å². The molecule has 102 valence electrons. The lowest BCUT2D eigenvalue weighted by Gasteiger charge is -2.05. The maximum absolute atomic E-state index is 11.8. The van der Waals surface area contributed by atoms with Gasteiger partial charge in [0.1, 0.15) is 11.4 Å². The van der Waals surface area contributed by atoms with Gasteiger partial charge < -0.3 is 9.72 Å². The van der Waals surface area contributed by atoms with E-state index < -0.39 is 0 Å². The van der Waals surface area contributed by atoms with Crippen LogP contribution in [0.5, 0.6) is 5.75 Å². The quantitative estimate of drug-likeness (QED) is 0.794. The van der Waals surface area contributed by atoms with Gasteiger partial charge in [0, 0.05) is 6.07 Å². The summed E-state index contributed by atoms with van der Waals surface area (Å²) in [5.74, 6) is 0.575. The first-order valence-electron chi connectivity index (χ1n) is 6.51. The van der Waals surface area contributed by atoms with Crippen molar-refractivity contribution in [1.82, 2.24) is 14.8 Å². The molecule has 20 heavy (non-hydrogen) atoms.